The fraction of sp³-hybridized carbons (Fsp3) is 0.308. The molecule has 1 aliphatic rings. The minimum absolute atomic E-state index is 0.0811. The van der Waals surface area contributed by atoms with Gasteiger partial charge in [0.1, 0.15) is 5.75 Å². The van der Waals surface area contributed by atoms with Crippen LogP contribution in [0.5, 0.6) is 5.75 Å². The summed E-state index contributed by atoms with van der Waals surface area (Å²) in [7, 11) is -3.48. The molecular weight excluding hydrogens is 534 g/mol. The number of fused-ring (bicyclic) bond motifs is 1. The van der Waals surface area contributed by atoms with Crippen molar-refractivity contribution in [2.75, 3.05) is 29.1 Å². The van der Waals surface area contributed by atoms with Crippen LogP contribution in [0.2, 0.25) is 0 Å². The van der Waals surface area contributed by atoms with Crippen LogP contribution < -0.4 is 14.5 Å². The maximum atomic E-state index is 13.2. The van der Waals surface area contributed by atoms with Crippen molar-refractivity contribution >= 4 is 21.2 Å². The van der Waals surface area contributed by atoms with E-state index in [0.717, 1.165) is 6.26 Å². The number of nitrogens with zero attached hydrogens (tertiary/aromatic N) is 2. The van der Waals surface area contributed by atoms with Crippen LogP contribution in [0, 0.1) is 0 Å². The second-order valence-corrected chi connectivity index (χ2v) is 11.0. The van der Waals surface area contributed by atoms with E-state index in [-0.39, 0.29) is 30.3 Å². The first kappa shape index (κ1) is 27.6. The monoisotopic (exact) mass is 558 g/mol. The van der Waals surface area contributed by atoms with E-state index in [4.69, 9.17) is 0 Å². The van der Waals surface area contributed by atoms with Crippen LogP contribution >= 0.6 is 0 Å². The first-order chi connectivity index (χ1) is 17.7. The third-order valence-electron chi connectivity index (χ3n) is 6.14. The average molecular weight is 559 g/mol. The molecule has 204 valence electrons. The van der Waals surface area contributed by atoms with Gasteiger partial charge in [-0.05, 0) is 47.5 Å². The zero-order valence-electron chi connectivity index (χ0n) is 20.1. The lowest BCUT2D eigenvalue weighted by atomic mass is 9.98. The van der Waals surface area contributed by atoms with Crippen molar-refractivity contribution in [1.29, 1.82) is 0 Å². The largest absolute Gasteiger partial charge is 0.573 e. The standard InChI is InChI=1S/C26H24F6N2O3S/c1-38(35,36)21-11-9-19(10-12-21)24-17-33(16-18-5-4-6-20(15-18)37-26(30,31)32)22-7-2-3-8-23(22)34(24)14-13-25(27,28)29/h2-12,15,24H,13-14,16-17H2,1H3/t24-/m0/s1. The van der Waals surface area contributed by atoms with Gasteiger partial charge in [0.2, 0.25) is 0 Å². The predicted molar refractivity (Wildman–Crippen MR) is 131 cm³/mol. The highest BCUT2D eigenvalue weighted by Crippen LogP contribution is 2.42. The number of benzene rings is 3. The van der Waals surface area contributed by atoms with Crippen molar-refractivity contribution in [3.63, 3.8) is 0 Å². The number of ether oxygens (including phenoxy) is 1. The number of hydrogen-bond acceptors (Lipinski definition) is 5. The SMILES string of the molecule is CS(=O)(=O)c1ccc([C@@H]2CN(Cc3cccc(OC(F)(F)F)c3)c3ccccc3N2CCC(F)(F)F)cc1. The third-order valence-corrected chi connectivity index (χ3v) is 7.26. The molecule has 3 aromatic carbocycles. The van der Waals surface area contributed by atoms with Crippen molar-refractivity contribution in [3.05, 3.63) is 83.9 Å². The summed E-state index contributed by atoms with van der Waals surface area (Å²) < 4.78 is 106. The van der Waals surface area contributed by atoms with Crippen LogP contribution in [0.4, 0.5) is 37.7 Å². The van der Waals surface area contributed by atoms with E-state index in [1.165, 1.54) is 30.3 Å². The highest BCUT2D eigenvalue weighted by Gasteiger charge is 2.36. The van der Waals surface area contributed by atoms with Gasteiger partial charge in [-0.1, -0.05) is 36.4 Å². The molecule has 4 rings (SSSR count). The first-order valence-electron chi connectivity index (χ1n) is 11.5. The summed E-state index contributed by atoms with van der Waals surface area (Å²) in [6, 6.07) is 17.8. The lowest BCUT2D eigenvalue weighted by Gasteiger charge is -2.45. The zero-order chi connectivity index (χ0) is 27.7. The van der Waals surface area contributed by atoms with Crippen molar-refractivity contribution in [1.82, 2.24) is 0 Å². The van der Waals surface area contributed by atoms with Gasteiger partial charge in [-0.2, -0.15) is 13.2 Å². The van der Waals surface area contributed by atoms with Gasteiger partial charge in [0.25, 0.3) is 0 Å². The summed E-state index contributed by atoms with van der Waals surface area (Å²) >= 11 is 0. The van der Waals surface area contributed by atoms with Crippen LogP contribution in [0.3, 0.4) is 0 Å². The van der Waals surface area contributed by atoms with Gasteiger partial charge in [-0.3, -0.25) is 0 Å². The Morgan fingerprint density at radius 2 is 1.55 bits per heavy atom. The maximum Gasteiger partial charge on any atom is 0.573 e. The summed E-state index contributed by atoms with van der Waals surface area (Å²) in [4.78, 5) is 3.59. The van der Waals surface area contributed by atoms with E-state index in [1.54, 1.807) is 47.4 Å². The topological polar surface area (TPSA) is 49.9 Å². The normalized spacial score (nSPS) is 16.3. The molecule has 0 aromatic heterocycles. The molecular formula is C26H24F6N2O3S. The molecule has 12 heteroatoms. The second kappa shape index (κ2) is 10.4. The van der Waals surface area contributed by atoms with Crippen LogP contribution in [0.1, 0.15) is 23.6 Å². The number of hydrogen-bond donors (Lipinski definition) is 0. The molecule has 0 bridgehead atoms. The summed E-state index contributed by atoms with van der Waals surface area (Å²) in [5.74, 6) is -0.375. The second-order valence-electron chi connectivity index (χ2n) is 8.98. The maximum absolute atomic E-state index is 13.2. The molecule has 0 radical (unpaired) electrons. The predicted octanol–water partition coefficient (Wildman–Crippen LogP) is 6.51. The minimum atomic E-state index is -4.85. The Morgan fingerprint density at radius 3 is 2.16 bits per heavy atom. The molecule has 0 fully saturated rings. The Bertz CT molecular complexity index is 1370. The van der Waals surface area contributed by atoms with Crippen LogP contribution in [0.25, 0.3) is 0 Å². The molecule has 5 nitrogen and oxygen atoms in total. The number of anilines is 2. The van der Waals surface area contributed by atoms with E-state index in [1.807, 2.05) is 4.90 Å². The summed E-state index contributed by atoms with van der Waals surface area (Å²) in [5, 5.41) is 0. The van der Waals surface area contributed by atoms with Gasteiger partial charge < -0.3 is 14.5 Å². The molecule has 38 heavy (non-hydrogen) atoms. The van der Waals surface area contributed by atoms with Crippen molar-refractivity contribution < 1.29 is 39.5 Å². The van der Waals surface area contributed by atoms with E-state index in [9.17, 15) is 34.8 Å². The Kier molecular flexibility index (Phi) is 7.55. The lowest BCUT2D eigenvalue weighted by molar-refractivity contribution is -0.274. The third kappa shape index (κ3) is 6.91. The van der Waals surface area contributed by atoms with E-state index in [0.29, 0.717) is 22.5 Å². The summed E-state index contributed by atoms with van der Waals surface area (Å²) in [5.41, 5.74) is 2.27. The molecule has 1 heterocycles. The van der Waals surface area contributed by atoms with Crippen LogP contribution in [0.15, 0.2) is 77.7 Å². The molecule has 3 aromatic rings. The molecule has 0 aliphatic carbocycles. The van der Waals surface area contributed by atoms with Crippen LogP contribution in [-0.4, -0.2) is 40.3 Å². The number of alkyl halides is 6. The quantitative estimate of drug-likeness (QED) is 0.310. The van der Waals surface area contributed by atoms with E-state index in [2.05, 4.69) is 4.74 Å². The van der Waals surface area contributed by atoms with Gasteiger partial charge in [-0.15, -0.1) is 13.2 Å². The molecule has 1 atom stereocenters. The molecule has 0 N–H and O–H groups in total. The van der Waals surface area contributed by atoms with Gasteiger partial charge in [-0.25, -0.2) is 8.42 Å². The van der Waals surface area contributed by atoms with Crippen molar-refractivity contribution in [2.24, 2.45) is 0 Å². The highest BCUT2D eigenvalue weighted by molar-refractivity contribution is 7.90. The highest BCUT2D eigenvalue weighted by atomic mass is 32.2. The van der Waals surface area contributed by atoms with Gasteiger partial charge in [0.05, 0.1) is 28.7 Å². The molecule has 0 saturated carbocycles. The summed E-state index contributed by atoms with van der Waals surface area (Å²) in [6.45, 7) is 0.0380. The lowest BCUT2D eigenvalue weighted by Crippen LogP contribution is -2.44. The van der Waals surface area contributed by atoms with E-state index >= 15 is 0 Å². The fourth-order valence-corrected chi connectivity index (χ4v) is 5.14. The molecule has 0 spiro atoms. The van der Waals surface area contributed by atoms with Crippen LogP contribution in [-0.2, 0) is 16.4 Å². The molecule has 0 amide bonds. The molecule has 0 saturated heterocycles. The number of sulfone groups is 1. The van der Waals surface area contributed by atoms with E-state index < -0.39 is 34.8 Å². The number of rotatable bonds is 7. The van der Waals surface area contributed by atoms with Gasteiger partial charge in [0, 0.05) is 25.9 Å². The fourth-order valence-electron chi connectivity index (χ4n) is 4.51. The minimum Gasteiger partial charge on any atom is -0.406 e. The summed E-state index contributed by atoms with van der Waals surface area (Å²) in [6.07, 6.45) is -9.24. The van der Waals surface area contributed by atoms with Gasteiger partial charge in [0.15, 0.2) is 9.84 Å². The van der Waals surface area contributed by atoms with Crippen molar-refractivity contribution in [2.45, 2.75) is 36.4 Å². The molecule has 0 unspecified atom stereocenters. The first-order valence-corrected chi connectivity index (χ1v) is 13.4. The van der Waals surface area contributed by atoms with Gasteiger partial charge >= 0.3 is 12.5 Å². The average Bonchev–Trinajstić information content (AvgIpc) is 2.81. The Labute approximate surface area is 216 Å². The molecule has 1 aliphatic heterocycles. The smallest absolute Gasteiger partial charge is 0.406 e. The number of para-hydroxylation sites is 2. The van der Waals surface area contributed by atoms with Crippen molar-refractivity contribution in [3.8, 4) is 5.75 Å². The number of halogens is 6. The Morgan fingerprint density at radius 1 is 0.895 bits per heavy atom. The Hall–Kier alpha value is -3.41. The zero-order valence-corrected chi connectivity index (χ0v) is 20.9. The Balaban J connectivity index is 1.72.